The second-order valence-electron chi connectivity index (χ2n) is 10.1. The Labute approximate surface area is 224 Å². The van der Waals surface area contributed by atoms with Crippen LogP contribution in [-0.2, 0) is 0 Å². The van der Waals surface area contributed by atoms with E-state index in [0.717, 1.165) is 30.7 Å². The average Bonchev–Trinajstić information content (AvgIpc) is 3.38. The van der Waals surface area contributed by atoms with Crippen LogP contribution in [0.3, 0.4) is 0 Å². The van der Waals surface area contributed by atoms with Gasteiger partial charge in [0, 0.05) is 44.0 Å². The number of rotatable bonds is 13. The van der Waals surface area contributed by atoms with E-state index in [1.165, 1.54) is 30.8 Å². The lowest BCUT2D eigenvalue weighted by atomic mass is 9.97. The number of hydrogen-bond acceptors (Lipinski definition) is 5. The maximum absolute atomic E-state index is 14.0. The van der Waals surface area contributed by atoms with E-state index < -0.39 is 6.17 Å². The van der Waals surface area contributed by atoms with Gasteiger partial charge in [-0.2, -0.15) is 0 Å². The molecule has 1 aliphatic heterocycles. The highest BCUT2D eigenvalue weighted by molar-refractivity contribution is 5.73. The minimum absolute atomic E-state index is 0.115. The summed E-state index contributed by atoms with van der Waals surface area (Å²) in [6, 6.07) is 2.23. The third-order valence-electron chi connectivity index (χ3n) is 7.18. The Kier molecular flexibility index (Phi) is 12.2. The maximum atomic E-state index is 14.0. The molecule has 0 saturated carbocycles. The molecular formula is C31H46FN5. The number of halogens is 1. The summed E-state index contributed by atoms with van der Waals surface area (Å²) in [4.78, 5) is 8.54. The molecule has 3 unspecified atom stereocenters. The molecule has 0 spiro atoms. The van der Waals surface area contributed by atoms with Gasteiger partial charge < -0.3 is 5.32 Å². The highest BCUT2D eigenvalue weighted by atomic mass is 19.1. The van der Waals surface area contributed by atoms with Gasteiger partial charge in [-0.05, 0) is 64.2 Å². The van der Waals surface area contributed by atoms with Crippen molar-refractivity contribution >= 4 is 5.57 Å². The smallest absolute Gasteiger partial charge is 0.139 e. The molecule has 1 aromatic rings. The number of hydrazine groups is 1. The van der Waals surface area contributed by atoms with Crippen molar-refractivity contribution in [2.24, 2.45) is 5.92 Å². The van der Waals surface area contributed by atoms with Crippen LogP contribution in [0.1, 0.15) is 71.9 Å². The largest absolute Gasteiger partial charge is 0.384 e. The molecule has 3 atom stereocenters. The lowest BCUT2D eigenvalue weighted by Gasteiger charge is -2.34. The van der Waals surface area contributed by atoms with Crippen molar-refractivity contribution in [1.82, 2.24) is 25.3 Å². The Morgan fingerprint density at radius 1 is 1.24 bits per heavy atom. The van der Waals surface area contributed by atoms with Crippen LogP contribution in [-0.4, -0.2) is 52.2 Å². The van der Waals surface area contributed by atoms with Gasteiger partial charge in [-0.1, -0.05) is 62.5 Å². The van der Waals surface area contributed by atoms with Crippen LogP contribution < -0.4 is 5.32 Å². The molecule has 6 heteroatoms. The standard InChI is InChI=1S/C31H46FN5/c1-10-12-13-16-36(9)37-17-14-15-31(37)24(6)23(5)26(8)33-20-28(18-27(11-2)22(3)4)30-19-29(25(7)32)34-21-35-30/h10-13,18-22,25-26,31,33H,1-2,14-17H2,3-9H3/b13-12+,24-23+,27-18+,28-20-. The van der Waals surface area contributed by atoms with Crippen LogP contribution in [0.2, 0.25) is 0 Å². The first-order valence-corrected chi connectivity index (χ1v) is 13.3. The first-order valence-electron chi connectivity index (χ1n) is 13.3. The lowest BCUT2D eigenvalue weighted by Crippen LogP contribution is -2.44. The van der Waals surface area contributed by atoms with E-state index in [4.69, 9.17) is 0 Å². The fourth-order valence-electron chi connectivity index (χ4n) is 4.54. The molecule has 37 heavy (non-hydrogen) atoms. The zero-order valence-electron chi connectivity index (χ0n) is 23.8. The minimum Gasteiger partial charge on any atom is -0.384 e. The highest BCUT2D eigenvalue weighted by Crippen LogP contribution is 2.28. The molecule has 0 amide bonds. The molecule has 1 aromatic heterocycles. The van der Waals surface area contributed by atoms with Crippen molar-refractivity contribution in [2.75, 3.05) is 20.1 Å². The fourth-order valence-corrected chi connectivity index (χ4v) is 4.54. The van der Waals surface area contributed by atoms with Crippen molar-refractivity contribution in [3.63, 3.8) is 0 Å². The second kappa shape index (κ2) is 14.8. The molecular weight excluding hydrogens is 461 g/mol. The molecule has 0 bridgehead atoms. The normalized spacial score (nSPS) is 19.9. The summed E-state index contributed by atoms with van der Waals surface area (Å²) in [5.41, 5.74) is 5.74. The maximum Gasteiger partial charge on any atom is 0.139 e. The van der Waals surface area contributed by atoms with Crippen LogP contribution in [0.25, 0.3) is 5.57 Å². The van der Waals surface area contributed by atoms with Gasteiger partial charge in [-0.3, -0.25) is 0 Å². The fraction of sp³-hybridized carbons (Fsp3) is 0.484. The zero-order valence-corrected chi connectivity index (χ0v) is 23.8. The van der Waals surface area contributed by atoms with Crippen molar-refractivity contribution in [2.45, 2.75) is 72.6 Å². The van der Waals surface area contributed by atoms with Gasteiger partial charge in [-0.25, -0.2) is 24.4 Å². The predicted octanol–water partition coefficient (Wildman–Crippen LogP) is 6.98. The Hall–Kier alpha value is -2.83. The minimum atomic E-state index is -1.16. The summed E-state index contributed by atoms with van der Waals surface area (Å²) in [6.07, 6.45) is 14.5. The third-order valence-corrected chi connectivity index (χ3v) is 7.18. The van der Waals surface area contributed by atoms with Crippen LogP contribution in [0.4, 0.5) is 4.39 Å². The summed E-state index contributed by atoms with van der Waals surface area (Å²) >= 11 is 0. The molecule has 0 aromatic carbocycles. The zero-order chi connectivity index (χ0) is 27.5. The molecule has 2 rings (SSSR count). The van der Waals surface area contributed by atoms with Crippen molar-refractivity contribution in [3.05, 3.63) is 90.2 Å². The Balaban J connectivity index is 2.33. The van der Waals surface area contributed by atoms with Gasteiger partial charge in [0.15, 0.2) is 0 Å². The highest BCUT2D eigenvalue weighted by Gasteiger charge is 2.29. The molecule has 5 nitrogen and oxygen atoms in total. The quantitative estimate of drug-likeness (QED) is 0.230. The number of nitrogens with one attached hydrogen (secondary N) is 1. The first-order chi connectivity index (χ1) is 17.6. The van der Waals surface area contributed by atoms with Gasteiger partial charge in [0.1, 0.15) is 12.5 Å². The van der Waals surface area contributed by atoms with Gasteiger partial charge in [0.05, 0.1) is 11.4 Å². The van der Waals surface area contributed by atoms with Gasteiger partial charge in [-0.15, -0.1) is 0 Å². The van der Waals surface area contributed by atoms with Gasteiger partial charge in [0.25, 0.3) is 0 Å². The Morgan fingerprint density at radius 3 is 2.59 bits per heavy atom. The first kappa shape index (κ1) is 30.4. The molecule has 1 N–H and O–H groups in total. The average molecular weight is 508 g/mol. The van der Waals surface area contributed by atoms with Gasteiger partial charge in [0.2, 0.25) is 0 Å². The SMILES string of the molecule is C=C/C=C/CN(C)N1CCCC1/C(C)=C(\C)C(C)N/C=C(/C=C(\C=C)C(C)C)c1cc(C(C)F)ncn1. The van der Waals surface area contributed by atoms with E-state index in [0.29, 0.717) is 23.3 Å². The molecule has 1 fully saturated rings. The van der Waals surface area contributed by atoms with Crippen molar-refractivity contribution < 1.29 is 4.39 Å². The van der Waals surface area contributed by atoms with Crippen molar-refractivity contribution in [1.29, 1.82) is 0 Å². The number of hydrogen-bond donors (Lipinski definition) is 1. The summed E-state index contributed by atoms with van der Waals surface area (Å²) < 4.78 is 14.0. The predicted molar refractivity (Wildman–Crippen MR) is 155 cm³/mol. The topological polar surface area (TPSA) is 44.3 Å². The number of nitrogens with zero attached hydrogens (tertiary/aromatic N) is 4. The summed E-state index contributed by atoms with van der Waals surface area (Å²) in [5, 5.41) is 8.36. The van der Waals surface area contributed by atoms with E-state index in [1.807, 2.05) is 24.4 Å². The van der Waals surface area contributed by atoms with Crippen molar-refractivity contribution in [3.8, 4) is 0 Å². The lowest BCUT2D eigenvalue weighted by molar-refractivity contribution is 0.00915. The monoisotopic (exact) mass is 507 g/mol. The molecule has 202 valence electrons. The number of alkyl halides is 1. The number of allylic oxidation sites excluding steroid dienone is 6. The molecule has 1 saturated heterocycles. The van der Waals surface area contributed by atoms with Crippen LogP contribution >= 0.6 is 0 Å². The molecule has 1 aliphatic rings. The summed E-state index contributed by atoms with van der Waals surface area (Å²) in [7, 11) is 2.15. The van der Waals surface area contributed by atoms with E-state index in [2.05, 4.69) is 92.3 Å². The third kappa shape index (κ3) is 8.61. The van der Waals surface area contributed by atoms with Crippen LogP contribution in [0, 0.1) is 5.92 Å². The Bertz CT molecular complexity index is 1030. The number of likely N-dealkylation sites (N-methyl/N-ethyl adjacent to an activating group) is 1. The molecule has 2 heterocycles. The molecule has 0 radical (unpaired) electrons. The van der Waals surface area contributed by atoms with E-state index >= 15 is 0 Å². The van der Waals surface area contributed by atoms with E-state index in [1.54, 1.807) is 6.07 Å². The summed E-state index contributed by atoms with van der Waals surface area (Å²) in [6.45, 7) is 22.1. The molecule has 0 aliphatic carbocycles. The van der Waals surface area contributed by atoms with E-state index in [-0.39, 0.29) is 6.04 Å². The van der Waals surface area contributed by atoms with Crippen LogP contribution in [0.15, 0.2) is 78.9 Å². The van der Waals surface area contributed by atoms with Gasteiger partial charge >= 0.3 is 0 Å². The number of aromatic nitrogens is 2. The second-order valence-corrected chi connectivity index (χ2v) is 10.1. The van der Waals surface area contributed by atoms with E-state index in [9.17, 15) is 4.39 Å². The summed E-state index contributed by atoms with van der Waals surface area (Å²) in [5.74, 6) is 0.301. The Morgan fingerprint density at radius 2 is 1.97 bits per heavy atom. The van der Waals surface area contributed by atoms with Crippen LogP contribution in [0.5, 0.6) is 0 Å².